The van der Waals surface area contributed by atoms with Crippen LogP contribution in [-0.2, 0) is 11.3 Å². The van der Waals surface area contributed by atoms with Crippen molar-refractivity contribution in [3.63, 3.8) is 0 Å². The minimum Gasteiger partial charge on any atom is -0.454 e. The van der Waals surface area contributed by atoms with E-state index in [2.05, 4.69) is 15.5 Å². The lowest BCUT2D eigenvalue weighted by atomic mass is 10.1. The van der Waals surface area contributed by atoms with Gasteiger partial charge in [-0.3, -0.25) is 9.36 Å². The van der Waals surface area contributed by atoms with Crippen LogP contribution in [0.4, 0.5) is 5.95 Å². The second-order valence-corrected chi connectivity index (χ2v) is 6.84. The van der Waals surface area contributed by atoms with E-state index in [1.54, 1.807) is 10.6 Å². The number of nitrogens with zero attached hydrogens (tertiary/aromatic N) is 3. The van der Waals surface area contributed by atoms with E-state index in [4.69, 9.17) is 14.2 Å². The lowest BCUT2D eigenvalue weighted by molar-refractivity contribution is 0.141. The molecule has 0 saturated heterocycles. The molecule has 4 rings (SSSR count). The Morgan fingerprint density at radius 1 is 1.23 bits per heavy atom. The third-order valence-corrected chi connectivity index (χ3v) is 4.85. The van der Waals surface area contributed by atoms with E-state index in [-0.39, 0.29) is 12.4 Å². The molecule has 0 aliphatic carbocycles. The highest BCUT2D eigenvalue weighted by molar-refractivity contribution is 5.99. The molecule has 0 radical (unpaired) electrons. The SMILES string of the molecule is CCOCCCn1c(N/N=C(/C)c2ccc3c(c2)OCO3)nc2ccccc2c1=O. The second kappa shape index (κ2) is 8.96. The van der Waals surface area contributed by atoms with Gasteiger partial charge in [-0.05, 0) is 50.6 Å². The molecule has 2 heterocycles. The average molecular weight is 408 g/mol. The summed E-state index contributed by atoms with van der Waals surface area (Å²) in [4.78, 5) is 17.6. The topological polar surface area (TPSA) is 87.0 Å². The summed E-state index contributed by atoms with van der Waals surface area (Å²) in [5, 5.41) is 5.04. The highest BCUT2D eigenvalue weighted by atomic mass is 16.7. The zero-order valence-electron chi connectivity index (χ0n) is 17.1. The summed E-state index contributed by atoms with van der Waals surface area (Å²) < 4.78 is 17.8. The zero-order valence-corrected chi connectivity index (χ0v) is 17.1. The molecule has 2 aromatic carbocycles. The van der Waals surface area contributed by atoms with Crippen LogP contribution in [0, 0.1) is 0 Å². The van der Waals surface area contributed by atoms with Gasteiger partial charge in [0.2, 0.25) is 12.7 Å². The molecule has 0 fully saturated rings. The van der Waals surface area contributed by atoms with Gasteiger partial charge in [-0.25, -0.2) is 10.4 Å². The number of aromatic nitrogens is 2. The van der Waals surface area contributed by atoms with Crippen molar-refractivity contribution in [2.45, 2.75) is 26.8 Å². The van der Waals surface area contributed by atoms with E-state index in [0.717, 1.165) is 17.0 Å². The fourth-order valence-electron chi connectivity index (χ4n) is 3.25. The molecular weight excluding hydrogens is 384 g/mol. The minimum absolute atomic E-state index is 0.101. The molecular formula is C22H24N4O4. The van der Waals surface area contributed by atoms with Crippen molar-refractivity contribution < 1.29 is 14.2 Å². The first-order valence-electron chi connectivity index (χ1n) is 9.95. The lowest BCUT2D eigenvalue weighted by Gasteiger charge is -2.13. The predicted octanol–water partition coefficient (Wildman–Crippen LogP) is 3.39. The quantitative estimate of drug-likeness (QED) is 0.349. The highest BCUT2D eigenvalue weighted by Gasteiger charge is 2.15. The lowest BCUT2D eigenvalue weighted by Crippen LogP contribution is -2.25. The summed E-state index contributed by atoms with van der Waals surface area (Å²) in [6.07, 6.45) is 0.702. The van der Waals surface area contributed by atoms with E-state index >= 15 is 0 Å². The van der Waals surface area contributed by atoms with Gasteiger partial charge in [-0.15, -0.1) is 0 Å². The summed E-state index contributed by atoms with van der Waals surface area (Å²) in [5.74, 6) is 1.81. The number of benzene rings is 2. The Kier molecular flexibility index (Phi) is 5.94. The van der Waals surface area contributed by atoms with Crippen molar-refractivity contribution in [2.75, 3.05) is 25.4 Å². The van der Waals surface area contributed by atoms with Crippen LogP contribution < -0.4 is 20.5 Å². The van der Waals surface area contributed by atoms with Crippen LogP contribution in [0.3, 0.4) is 0 Å². The fraction of sp³-hybridized carbons (Fsp3) is 0.318. The second-order valence-electron chi connectivity index (χ2n) is 6.84. The molecule has 0 saturated carbocycles. The van der Waals surface area contributed by atoms with Crippen LogP contribution in [0.25, 0.3) is 10.9 Å². The molecule has 0 atom stereocenters. The minimum atomic E-state index is -0.101. The molecule has 0 spiro atoms. The largest absolute Gasteiger partial charge is 0.454 e. The van der Waals surface area contributed by atoms with Gasteiger partial charge in [0.05, 0.1) is 16.6 Å². The van der Waals surface area contributed by atoms with Gasteiger partial charge < -0.3 is 14.2 Å². The molecule has 8 heteroatoms. The number of hydrogen-bond donors (Lipinski definition) is 1. The summed E-state index contributed by atoms with van der Waals surface area (Å²) >= 11 is 0. The van der Waals surface area contributed by atoms with Crippen molar-refractivity contribution in [1.82, 2.24) is 9.55 Å². The standard InChI is InChI=1S/C22H24N4O4/c1-3-28-12-6-11-26-21(27)17-7-4-5-8-18(17)23-22(26)25-24-15(2)16-9-10-19-20(13-16)30-14-29-19/h4-5,7-10,13H,3,6,11-12,14H2,1-2H3,(H,23,25)/b24-15-. The molecule has 1 aliphatic heterocycles. The first-order chi connectivity index (χ1) is 14.7. The number of hydrogen-bond acceptors (Lipinski definition) is 7. The maximum atomic E-state index is 13.0. The normalized spacial score (nSPS) is 13.1. The summed E-state index contributed by atoms with van der Waals surface area (Å²) in [7, 11) is 0. The summed E-state index contributed by atoms with van der Waals surface area (Å²) in [6, 6.07) is 13.0. The van der Waals surface area contributed by atoms with Gasteiger partial charge >= 0.3 is 0 Å². The van der Waals surface area contributed by atoms with Crippen LogP contribution in [0.5, 0.6) is 11.5 Å². The van der Waals surface area contributed by atoms with Crippen molar-refractivity contribution in [3.05, 3.63) is 58.4 Å². The van der Waals surface area contributed by atoms with Crippen molar-refractivity contribution >= 4 is 22.6 Å². The molecule has 30 heavy (non-hydrogen) atoms. The van der Waals surface area contributed by atoms with E-state index in [1.807, 2.05) is 50.2 Å². The zero-order chi connectivity index (χ0) is 20.9. The number of fused-ring (bicyclic) bond motifs is 2. The van der Waals surface area contributed by atoms with Crippen LogP contribution in [0.15, 0.2) is 52.4 Å². The number of ether oxygens (including phenoxy) is 3. The Hall–Kier alpha value is -3.39. The third-order valence-electron chi connectivity index (χ3n) is 4.85. The van der Waals surface area contributed by atoms with E-state index < -0.39 is 0 Å². The molecule has 3 aromatic rings. The van der Waals surface area contributed by atoms with Gasteiger partial charge in [0, 0.05) is 25.3 Å². The summed E-state index contributed by atoms with van der Waals surface area (Å²) in [6.45, 7) is 5.76. The monoisotopic (exact) mass is 408 g/mol. The Balaban J connectivity index is 1.63. The third kappa shape index (κ3) is 4.13. The molecule has 0 unspecified atom stereocenters. The van der Waals surface area contributed by atoms with Gasteiger partial charge in [-0.2, -0.15) is 5.10 Å². The summed E-state index contributed by atoms with van der Waals surface area (Å²) in [5.41, 5.74) is 5.13. The highest BCUT2D eigenvalue weighted by Crippen LogP contribution is 2.32. The van der Waals surface area contributed by atoms with E-state index in [1.165, 1.54) is 0 Å². The van der Waals surface area contributed by atoms with E-state index in [9.17, 15) is 4.79 Å². The van der Waals surface area contributed by atoms with Crippen LogP contribution in [0.1, 0.15) is 25.8 Å². The molecule has 0 bridgehead atoms. The first kappa shape index (κ1) is 19.9. The van der Waals surface area contributed by atoms with Crippen LogP contribution in [-0.4, -0.2) is 35.3 Å². The number of rotatable bonds is 8. The molecule has 1 N–H and O–H groups in total. The predicted molar refractivity (Wildman–Crippen MR) is 116 cm³/mol. The Labute approximate surface area is 174 Å². The maximum absolute atomic E-state index is 13.0. The molecule has 156 valence electrons. The molecule has 1 aliphatic rings. The number of hydrazone groups is 1. The first-order valence-corrected chi connectivity index (χ1v) is 9.95. The van der Waals surface area contributed by atoms with Crippen molar-refractivity contribution in [1.29, 1.82) is 0 Å². The maximum Gasteiger partial charge on any atom is 0.262 e. The Bertz CT molecular complexity index is 1140. The molecule has 0 amide bonds. The fourth-order valence-corrected chi connectivity index (χ4v) is 3.25. The van der Waals surface area contributed by atoms with E-state index in [0.29, 0.717) is 48.8 Å². The molecule has 1 aromatic heterocycles. The number of anilines is 1. The smallest absolute Gasteiger partial charge is 0.262 e. The van der Waals surface area contributed by atoms with Crippen LogP contribution in [0.2, 0.25) is 0 Å². The van der Waals surface area contributed by atoms with Gasteiger partial charge in [-0.1, -0.05) is 12.1 Å². The van der Waals surface area contributed by atoms with Gasteiger partial charge in [0.15, 0.2) is 11.5 Å². The number of para-hydroxylation sites is 1. The molecule has 8 nitrogen and oxygen atoms in total. The van der Waals surface area contributed by atoms with Crippen LogP contribution >= 0.6 is 0 Å². The number of nitrogens with one attached hydrogen (secondary N) is 1. The van der Waals surface area contributed by atoms with Gasteiger partial charge in [0.1, 0.15) is 0 Å². The Morgan fingerprint density at radius 3 is 2.93 bits per heavy atom. The van der Waals surface area contributed by atoms with Gasteiger partial charge in [0.25, 0.3) is 5.56 Å². The average Bonchev–Trinajstić information content (AvgIpc) is 3.24. The van der Waals surface area contributed by atoms with Crippen molar-refractivity contribution in [2.24, 2.45) is 5.10 Å². The van der Waals surface area contributed by atoms with Crippen molar-refractivity contribution in [3.8, 4) is 11.5 Å². The Morgan fingerprint density at radius 2 is 2.07 bits per heavy atom.